The first-order valence-electron chi connectivity index (χ1n) is 5.39. The predicted molar refractivity (Wildman–Crippen MR) is 75.5 cm³/mol. The van der Waals surface area contributed by atoms with Crippen LogP contribution in [-0.2, 0) is 4.74 Å². The molecule has 0 aliphatic carbocycles. The van der Waals surface area contributed by atoms with Gasteiger partial charge in [-0.3, -0.25) is 0 Å². The second-order valence-corrected chi connectivity index (χ2v) is 5.65. The molecule has 0 aliphatic heterocycles. The van der Waals surface area contributed by atoms with Crippen molar-refractivity contribution in [2.75, 3.05) is 12.4 Å². The van der Waals surface area contributed by atoms with Crippen LogP contribution in [0.1, 0.15) is 15.4 Å². The summed E-state index contributed by atoms with van der Waals surface area (Å²) in [6, 6.07) is 1.89. The van der Waals surface area contributed by atoms with Crippen molar-refractivity contribution < 1.29 is 18.3 Å². The van der Waals surface area contributed by atoms with Gasteiger partial charge in [0.2, 0.25) is 0 Å². The summed E-state index contributed by atoms with van der Waals surface area (Å²) in [5.41, 5.74) is 0.527. The number of benzene rings is 1. The number of nitrogens with one attached hydrogen (secondary N) is 1. The van der Waals surface area contributed by atoms with Gasteiger partial charge in [-0.2, -0.15) is 0 Å². The summed E-state index contributed by atoms with van der Waals surface area (Å²) in [4.78, 5) is 15.9. The Morgan fingerprint density at radius 2 is 2.15 bits per heavy atom. The molecule has 0 unspecified atom stereocenters. The largest absolute Gasteiger partial charge is 0.465 e. The maximum atomic E-state index is 13.7. The second kappa shape index (κ2) is 5.84. The van der Waals surface area contributed by atoms with Crippen LogP contribution < -0.4 is 5.32 Å². The van der Waals surface area contributed by atoms with Crippen molar-refractivity contribution >= 4 is 44.1 Å². The molecule has 1 aromatic heterocycles. The number of carbonyl (C=O) groups excluding carboxylic acids is 1. The topological polar surface area (TPSA) is 51.2 Å². The molecule has 0 aliphatic rings. The summed E-state index contributed by atoms with van der Waals surface area (Å²) < 4.78 is 31.5. The number of nitrogens with zero attached hydrogens (tertiary/aromatic N) is 1. The van der Waals surface area contributed by atoms with Crippen LogP contribution in [0, 0.1) is 18.6 Å². The minimum absolute atomic E-state index is 0.0524. The number of thiazole rings is 1. The van der Waals surface area contributed by atoms with E-state index in [9.17, 15) is 13.6 Å². The van der Waals surface area contributed by atoms with E-state index in [1.807, 2.05) is 0 Å². The highest BCUT2D eigenvalue weighted by Gasteiger charge is 2.17. The second-order valence-electron chi connectivity index (χ2n) is 3.79. The van der Waals surface area contributed by atoms with E-state index >= 15 is 0 Å². The number of hydrogen-bond acceptors (Lipinski definition) is 5. The average Bonchev–Trinajstić information content (AvgIpc) is 2.74. The number of carbonyl (C=O) groups is 1. The third-order valence-corrected chi connectivity index (χ3v) is 4.08. The van der Waals surface area contributed by atoms with Gasteiger partial charge in [-0.15, -0.1) is 0 Å². The Kier molecular flexibility index (Phi) is 4.34. The van der Waals surface area contributed by atoms with Crippen molar-refractivity contribution in [1.29, 1.82) is 0 Å². The number of esters is 1. The van der Waals surface area contributed by atoms with E-state index in [2.05, 4.69) is 31.0 Å². The van der Waals surface area contributed by atoms with Gasteiger partial charge in [0, 0.05) is 10.5 Å². The molecule has 8 heteroatoms. The maximum absolute atomic E-state index is 13.7. The molecule has 0 spiro atoms. The Bertz CT molecular complexity index is 652. The number of methoxy groups -OCH3 is 1. The summed E-state index contributed by atoms with van der Waals surface area (Å²) in [5, 5.41) is 3.03. The van der Waals surface area contributed by atoms with Crippen molar-refractivity contribution in [3.05, 3.63) is 38.8 Å². The van der Waals surface area contributed by atoms with E-state index in [4.69, 9.17) is 0 Å². The van der Waals surface area contributed by atoms with Crippen LogP contribution in [0.4, 0.5) is 19.6 Å². The third kappa shape index (κ3) is 2.96. The standard InChI is InChI=1S/C12H9BrF2N2O2S/c1-5-10(11(18)19-2)20-12(16-5)17-9-7(13)3-6(14)4-8(9)15/h3-4H,1-2H3,(H,16,17). The van der Waals surface area contributed by atoms with Crippen LogP contribution in [0.5, 0.6) is 0 Å². The van der Waals surface area contributed by atoms with Crippen LogP contribution in [-0.4, -0.2) is 18.1 Å². The lowest BCUT2D eigenvalue weighted by Crippen LogP contribution is -1.99. The van der Waals surface area contributed by atoms with E-state index in [-0.39, 0.29) is 10.2 Å². The first-order valence-corrected chi connectivity index (χ1v) is 7.00. The maximum Gasteiger partial charge on any atom is 0.350 e. The molecule has 2 rings (SSSR count). The summed E-state index contributed by atoms with van der Waals surface area (Å²) in [5.74, 6) is -1.96. The molecule has 20 heavy (non-hydrogen) atoms. The molecule has 1 N–H and O–H groups in total. The van der Waals surface area contributed by atoms with Crippen molar-refractivity contribution in [2.45, 2.75) is 6.92 Å². The predicted octanol–water partition coefficient (Wildman–Crippen LogP) is 4.02. The molecule has 2 aromatic rings. The van der Waals surface area contributed by atoms with Gasteiger partial charge in [0.1, 0.15) is 10.7 Å². The fraction of sp³-hybridized carbons (Fsp3) is 0.167. The van der Waals surface area contributed by atoms with Gasteiger partial charge in [0.15, 0.2) is 10.9 Å². The van der Waals surface area contributed by atoms with Gasteiger partial charge < -0.3 is 10.1 Å². The number of hydrogen-bond donors (Lipinski definition) is 1. The number of aryl methyl sites for hydroxylation is 1. The first-order chi connectivity index (χ1) is 9.42. The molecular formula is C12H9BrF2N2O2S. The van der Waals surface area contributed by atoms with Gasteiger partial charge in [0.25, 0.3) is 0 Å². The zero-order valence-corrected chi connectivity index (χ0v) is 12.9. The number of aromatic nitrogens is 1. The van der Waals surface area contributed by atoms with Gasteiger partial charge in [-0.25, -0.2) is 18.6 Å². The zero-order chi connectivity index (χ0) is 14.9. The molecule has 0 atom stereocenters. The van der Waals surface area contributed by atoms with E-state index in [1.54, 1.807) is 6.92 Å². The van der Waals surface area contributed by atoms with E-state index < -0.39 is 17.6 Å². The first kappa shape index (κ1) is 14.9. The summed E-state index contributed by atoms with van der Waals surface area (Å²) in [6.07, 6.45) is 0. The molecule has 0 saturated carbocycles. The molecule has 4 nitrogen and oxygen atoms in total. The van der Waals surface area contributed by atoms with Gasteiger partial charge >= 0.3 is 5.97 Å². The normalized spacial score (nSPS) is 10.4. The van der Waals surface area contributed by atoms with Gasteiger partial charge in [-0.05, 0) is 28.9 Å². The highest BCUT2D eigenvalue weighted by Crippen LogP contribution is 2.32. The highest BCUT2D eigenvalue weighted by molar-refractivity contribution is 9.10. The lowest BCUT2D eigenvalue weighted by molar-refractivity contribution is 0.0605. The lowest BCUT2D eigenvalue weighted by Gasteiger charge is -2.06. The minimum Gasteiger partial charge on any atom is -0.465 e. The van der Waals surface area contributed by atoms with Crippen LogP contribution in [0.3, 0.4) is 0 Å². The van der Waals surface area contributed by atoms with Crippen molar-refractivity contribution in [1.82, 2.24) is 4.98 Å². The molecule has 0 fully saturated rings. The van der Waals surface area contributed by atoms with Crippen molar-refractivity contribution in [2.24, 2.45) is 0 Å². The summed E-state index contributed by atoms with van der Waals surface area (Å²) in [7, 11) is 1.27. The zero-order valence-electron chi connectivity index (χ0n) is 10.5. The Balaban J connectivity index is 2.34. The SMILES string of the molecule is COC(=O)c1sc(Nc2c(F)cc(F)cc2Br)nc1C. The lowest BCUT2D eigenvalue weighted by atomic mass is 10.3. The highest BCUT2D eigenvalue weighted by atomic mass is 79.9. The quantitative estimate of drug-likeness (QED) is 0.837. The number of halogens is 3. The van der Waals surface area contributed by atoms with Crippen LogP contribution in [0.15, 0.2) is 16.6 Å². The molecule has 1 aromatic carbocycles. The monoisotopic (exact) mass is 362 g/mol. The van der Waals surface area contributed by atoms with Gasteiger partial charge in [0.05, 0.1) is 18.5 Å². The van der Waals surface area contributed by atoms with Crippen LogP contribution in [0.25, 0.3) is 0 Å². The van der Waals surface area contributed by atoms with E-state index in [0.29, 0.717) is 15.7 Å². The summed E-state index contributed by atoms with van der Waals surface area (Å²) >= 11 is 4.10. The molecule has 0 amide bonds. The van der Waals surface area contributed by atoms with Gasteiger partial charge in [-0.1, -0.05) is 11.3 Å². The molecule has 0 radical (unpaired) electrons. The molecular weight excluding hydrogens is 354 g/mol. The molecule has 0 bridgehead atoms. The third-order valence-electron chi connectivity index (χ3n) is 2.41. The van der Waals surface area contributed by atoms with E-state index in [1.165, 1.54) is 7.11 Å². The minimum atomic E-state index is -0.760. The fourth-order valence-corrected chi connectivity index (χ4v) is 2.90. The van der Waals surface area contributed by atoms with Crippen molar-refractivity contribution in [3.63, 3.8) is 0 Å². The van der Waals surface area contributed by atoms with E-state index in [0.717, 1.165) is 23.5 Å². The van der Waals surface area contributed by atoms with Crippen molar-refractivity contribution in [3.8, 4) is 0 Å². The molecule has 1 heterocycles. The average molecular weight is 363 g/mol. The molecule has 0 saturated heterocycles. The van der Waals surface area contributed by atoms with Crippen LogP contribution >= 0.6 is 27.3 Å². The Morgan fingerprint density at radius 1 is 1.45 bits per heavy atom. The number of rotatable bonds is 3. The van der Waals surface area contributed by atoms with Crippen LogP contribution in [0.2, 0.25) is 0 Å². The Hall–Kier alpha value is -1.54. The summed E-state index contributed by atoms with van der Waals surface area (Å²) in [6.45, 7) is 1.64. The smallest absolute Gasteiger partial charge is 0.350 e. The fourth-order valence-electron chi connectivity index (χ4n) is 1.50. The molecule has 106 valence electrons. The number of ether oxygens (including phenoxy) is 1. The Morgan fingerprint density at radius 3 is 2.75 bits per heavy atom. The number of anilines is 2. The Labute approximate surface area is 125 Å².